The van der Waals surface area contributed by atoms with Crippen molar-refractivity contribution in [3.05, 3.63) is 29.8 Å². The van der Waals surface area contributed by atoms with Gasteiger partial charge >= 0.3 is 5.97 Å². The van der Waals surface area contributed by atoms with Crippen LogP contribution in [0, 0.1) is 12.8 Å². The molecule has 128 valence electrons. The van der Waals surface area contributed by atoms with Crippen molar-refractivity contribution in [2.75, 3.05) is 0 Å². The number of carboxylic acid groups (broad SMARTS) is 1. The molecule has 8 heteroatoms. The van der Waals surface area contributed by atoms with Gasteiger partial charge in [0, 0.05) is 5.56 Å². The van der Waals surface area contributed by atoms with Crippen molar-refractivity contribution in [1.29, 1.82) is 0 Å². The van der Waals surface area contributed by atoms with Crippen molar-refractivity contribution >= 4 is 11.9 Å². The number of benzene rings is 1. The molecule has 1 aromatic carbocycles. The number of aliphatic carboxylic acids is 1. The molecule has 1 amide bonds. The molecule has 1 unspecified atom stereocenters. The van der Waals surface area contributed by atoms with Crippen molar-refractivity contribution in [2.24, 2.45) is 5.92 Å². The van der Waals surface area contributed by atoms with Gasteiger partial charge in [0.1, 0.15) is 12.6 Å². The van der Waals surface area contributed by atoms with Gasteiger partial charge in [-0.1, -0.05) is 43.7 Å². The van der Waals surface area contributed by atoms with Gasteiger partial charge in [0.05, 0.1) is 0 Å². The molecule has 0 saturated carbocycles. The second kappa shape index (κ2) is 7.67. The third-order valence-electron chi connectivity index (χ3n) is 3.39. The van der Waals surface area contributed by atoms with Gasteiger partial charge < -0.3 is 10.4 Å². The van der Waals surface area contributed by atoms with Crippen LogP contribution in [0.25, 0.3) is 11.4 Å². The zero-order chi connectivity index (χ0) is 17.7. The number of rotatable bonds is 7. The zero-order valence-corrected chi connectivity index (χ0v) is 13.9. The summed E-state index contributed by atoms with van der Waals surface area (Å²) >= 11 is 0. The summed E-state index contributed by atoms with van der Waals surface area (Å²) in [6.07, 6.45) is 0.362. The second-order valence-corrected chi connectivity index (χ2v) is 6.10. The van der Waals surface area contributed by atoms with Crippen LogP contribution >= 0.6 is 0 Å². The van der Waals surface area contributed by atoms with E-state index in [0.29, 0.717) is 12.2 Å². The number of aryl methyl sites for hydroxylation is 1. The number of hydrogen-bond acceptors (Lipinski definition) is 5. The molecule has 0 radical (unpaired) electrons. The van der Waals surface area contributed by atoms with Crippen LogP contribution in [-0.2, 0) is 16.1 Å². The van der Waals surface area contributed by atoms with E-state index in [0.717, 1.165) is 15.9 Å². The van der Waals surface area contributed by atoms with E-state index >= 15 is 0 Å². The number of carbonyl (C=O) groups is 2. The number of amides is 1. The Bertz CT molecular complexity index is 709. The van der Waals surface area contributed by atoms with E-state index in [9.17, 15) is 9.59 Å². The van der Waals surface area contributed by atoms with Crippen molar-refractivity contribution in [1.82, 2.24) is 25.5 Å². The summed E-state index contributed by atoms with van der Waals surface area (Å²) in [4.78, 5) is 24.3. The molecule has 24 heavy (non-hydrogen) atoms. The van der Waals surface area contributed by atoms with Gasteiger partial charge in [0.25, 0.3) is 0 Å². The predicted octanol–water partition coefficient (Wildman–Crippen LogP) is 1.26. The molecule has 0 aliphatic carbocycles. The molecule has 0 aliphatic heterocycles. The van der Waals surface area contributed by atoms with Crippen molar-refractivity contribution < 1.29 is 14.7 Å². The molecule has 1 atom stereocenters. The highest BCUT2D eigenvalue weighted by molar-refractivity contribution is 5.83. The van der Waals surface area contributed by atoms with Crippen LogP contribution in [0.3, 0.4) is 0 Å². The van der Waals surface area contributed by atoms with Gasteiger partial charge in [-0.2, -0.15) is 4.80 Å². The fourth-order valence-corrected chi connectivity index (χ4v) is 2.19. The van der Waals surface area contributed by atoms with E-state index < -0.39 is 17.9 Å². The number of tetrazole rings is 1. The average Bonchev–Trinajstić information content (AvgIpc) is 2.95. The van der Waals surface area contributed by atoms with Gasteiger partial charge in [-0.25, -0.2) is 4.79 Å². The summed E-state index contributed by atoms with van der Waals surface area (Å²) < 4.78 is 0. The normalized spacial score (nSPS) is 12.2. The number of carbonyl (C=O) groups excluding carboxylic acids is 1. The lowest BCUT2D eigenvalue weighted by molar-refractivity contribution is -0.142. The van der Waals surface area contributed by atoms with Crippen molar-refractivity contribution in [3.8, 4) is 11.4 Å². The first-order valence-corrected chi connectivity index (χ1v) is 7.72. The van der Waals surface area contributed by atoms with E-state index in [2.05, 4.69) is 20.7 Å². The second-order valence-electron chi connectivity index (χ2n) is 6.10. The number of carboxylic acids is 1. The van der Waals surface area contributed by atoms with Crippen molar-refractivity contribution in [3.63, 3.8) is 0 Å². The SMILES string of the molecule is Cc1ccc(-c2nnn(CC(=O)NC(CC(C)C)C(=O)O)n2)cc1. The van der Waals surface area contributed by atoms with Crippen LogP contribution in [0.1, 0.15) is 25.8 Å². The zero-order valence-electron chi connectivity index (χ0n) is 13.9. The Morgan fingerprint density at radius 1 is 1.25 bits per heavy atom. The summed E-state index contributed by atoms with van der Waals surface area (Å²) in [6.45, 7) is 5.60. The molecule has 2 aromatic rings. The third kappa shape index (κ3) is 4.87. The fraction of sp³-hybridized carbons (Fsp3) is 0.438. The van der Waals surface area contributed by atoms with E-state index in [1.807, 2.05) is 45.0 Å². The minimum Gasteiger partial charge on any atom is -0.480 e. The third-order valence-corrected chi connectivity index (χ3v) is 3.39. The fourth-order valence-electron chi connectivity index (χ4n) is 2.19. The number of aromatic nitrogens is 4. The largest absolute Gasteiger partial charge is 0.480 e. The van der Waals surface area contributed by atoms with Gasteiger partial charge in [0.2, 0.25) is 11.7 Å². The van der Waals surface area contributed by atoms with E-state index in [1.54, 1.807) is 0 Å². The molecule has 8 nitrogen and oxygen atoms in total. The lowest BCUT2D eigenvalue weighted by atomic mass is 10.0. The Morgan fingerprint density at radius 2 is 1.92 bits per heavy atom. The molecular formula is C16H21N5O3. The summed E-state index contributed by atoms with van der Waals surface area (Å²) in [5.74, 6) is -0.941. The van der Waals surface area contributed by atoms with E-state index in [-0.39, 0.29) is 12.5 Å². The summed E-state index contributed by atoms with van der Waals surface area (Å²) in [6, 6.07) is 6.70. The molecule has 1 heterocycles. The molecule has 0 fully saturated rings. The standard InChI is InChI=1S/C16H21N5O3/c1-10(2)8-13(16(23)24)17-14(22)9-21-19-15(18-20-21)12-6-4-11(3)5-7-12/h4-7,10,13H,8-9H2,1-3H3,(H,17,22)(H,23,24). The molecule has 0 spiro atoms. The maximum Gasteiger partial charge on any atom is 0.326 e. The Kier molecular flexibility index (Phi) is 5.62. The minimum absolute atomic E-state index is 0.157. The van der Waals surface area contributed by atoms with Gasteiger partial charge in [-0.3, -0.25) is 4.79 Å². The monoisotopic (exact) mass is 331 g/mol. The average molecular weight is 331 g/mol. The quantitative estimate of drug-likeness (QED) is 0.790. The maximum absolute atomic E-state index is 12.0. The lowest BCUT2D eigenvalue weighted by Crippen LogP contribution is -2.43. The lowest BCUT2D eigenvalue weighted by Gasteiger charge is -2.16. The highest BCUT2D eigenvalue weighted by Gasteiger charge is 2.21. The topological polar surface area (TPSA) is 110 Å². The van der Waals surface area contributed by atoms with Crippen LogP contribution in [0.2, 0.25) is 0 Å². The molecule has 0 bridgehead atoms. The van der Waals surface area contributed by atoms with Gasteiger partial charge in [-0.05, 0) is 24.5 Å². The van der Waals surface area contributed by atoms with Crippen LogP contribution in [-0.4, -0.2) is 43.2 Å². The smallest absolute Gasteiger partial charge is 0.326 e. The Hall–Kier alpha value is -2.77. The highest BCUT2D eigenvalue weighted by Crippen LogP contribution is 2.13. The first-order chi connectivity index (χ1) is 11.3. The molecule has 0 saturated heterocycles. The summed E-state index contributed by atoms with van der Waals surface area (Å²) in [7, 11) is 0. The maximum atomic E-state index is 12.0. The first-order valence-electron chi connectivity index (χ1n) is 7.72. The van der Waals surface area contributed by atoms with Crippen LogP contribution in [0.4, 0.5) is 0 Å². The Labute approximate surface area is 139 Å². The molecule has 2 rings (SSSR count). The molecule has 1 aromatic heterocycles. The predicted molar refractivity (Wildman–Crippen MR) is 87.0 cm³/mol. The molecule has 0 aliphatic rings. The minimum atomic E-state index is -1.05. The van der Waals surface area contributed by atoms with Crippen molar-refractivity contribution in [2.45, 2.75) is 39.8 Å². The van der Waals surface area contributed by atoms with Gasteiger partial charge in [-0.15, -0.1) is 10.2 Å². The Balaban J connectivity index is 1.99. The van der Waals surface area contributed by atoms with Crippen LogP contribution in [0.5, 0.6) is 0 Å². The van der Waals surface area contributed by atoms with Crippen LogP contribution < -0.4 is 5.32 Å². The van der Waals surface area contributed by atoms with Gasteiger partial charge in [0.15, 0.2) is 0 Å². The molecular weight excluding hydrogens is 310 g/mol. The van der Waals surface area contributed by atoms with E-state index in [4.69, 9.17) is 5.11 Å². The molecule has 2 N–H and O–H groups in total. The highest BCUT2D eigenvalue weighted by atomic mass is 16.4. The summed E-state index contributed by atoms with van der Waals surface area (Å²) in [5, 5.41) is 23.5. The number of nitrogens with one attached hydrogen (secondary N) is 1. The van der Waals surface area contributed by atoms with E-state index in [1.165, 1.54) is 0 Å². The number of hydrogen-bond donors (Lipinski definition) is 2. The van der Waals surface area contributed by atoms with Crippen LogP contribution in [0.15, 0.2) is 24.3 Å². The first kappa shape index (κ1) is 17.6. The summed E-state index contributed by atoms with van der Waals surface area (Å²) in [5.41, 5.74) is 1.92. The number of nitrogens with zero attached hydrogens (tertiary/aromatic N) is 4. The Morgan fingerprint density at radius 3 is 2.50 bits per heavy atom.